The van der Waals surface area contributed by atoms with Crippen molar-refractivity contribution in [3.8, 4) is 0 Å². The lowest BCUT2D eigenvalue weighted by Gasteiger charge is -2.03. The largest absolute Gasteiger partial charge is 0.315 e. The molecule has 7 nitrogen and oxygen atoms in total. The second-order valence-corrected chi connectivity index (χ2v) is 4.66. The van der Waals surface area contributed by atoms with Crippen molar-refractivity contribution in [2.24, 2.45) is 0 Å². The third kappa shape index (κ3) is 1.86. The molecule has 0 atom stereocenters. The van der Waals surface area contributed by atoms with Gasteiger partial charge in [0.2, 0.25) is 5.28 Å². The summed E-state index contributed by atoms with van der Waals surface area (Å²) in [5.74, 6) is 0. The van der Waals surface area contributed by atoms with E-state index < -0.39 is 10.1 Å². The Balaban J connectivity index is 2.72. The minimum atomic E-state index is -3.92. The van der Waals surface area contributed by atoms with Crippen LogP contribution in [-0.2, 0) is 14.3 Å². The fourth-order valence-electron chi connectivity index (χ4n) is 1.18. The summed E-state index contributed by atoms with van der Waals surface area (Å²) in [5.41, 5.74) is 0.248. The quantitative estimate of drug-likeness (QED) is 0.497. The van der Waals surface area contributed by atoms with Gasteiger partial charge in [-0.15, -0.1) is 0 Å². The summed E-state index contributed by atoms with van der Waals surface area (Å²) in [6, 6.07) is 0. The van der Waals surface area contributed by atoms with E-state index in [9.17, 15) is 8.42 Å². The summed E-state index contributed by atoms with van der Waals surface area (Å²) in [4.78, 5) is 7.43. The van der Waals surface area contributed by atoms with Gasteiger partial charge < -0.3 is 0 Å². The van der Waals surface area contributed by atoms with Crippen molar-refractivity contribution in [2.45, 2.75) is 11.9 Å². The number of hydrogen-bond donors (Lipinski definition) is 1. The number of hydrogen-bond acceptors (Lipinski definition) is 6. The Bertz CT molecular complexity index is 624. The lowest BCUT2D eigenvalue weighted by atomic mass is 10.4. The Labute approximate surface area is 95.9 Å². The molecule has 2 heterocycles. The van der Waals surface area contributed by atoms with E-state index in [0.29, 0.717) is 0 Å². The van der Waals surface area contributed by atoms with Gasteiger partial charge in [0.1, 0.15) is 0 Å². The van der Waals surface area contributed by atoms with Crippen LogP contribution in [-0.4, -0.2) is 35.2 Å². The van der Waals surface area contributed by atoms with Crippen LogP contribution in [0, 0.1) is 0 Å². The molecular weight excluding hydrogens is 256 g/mol. The van der Waals surface area contributed by atoms with Gasteiger partial charge in [-0.3, -0.25) is 9.28 Å². The second kappa shape index (κ2) is 3.96. The monoisotopic (exact) mass is 262 g/mol. The molecule has 0 saturated heterocycles. The van der Waals surface area contributed by atoms with E-state index in [0.717, 1.165) is 0 Å². The van der Waals surface area contributed by atoms with Crippen LogP contribution in [0.25, 0.3) is 11.0 Å². The highest BCUT2D eigenvalue weighted by atomic mass is 35.5. The average Bonchev–Trinajstić information content (AvgIpc) is 2.63. The number of halogens is 1. The molecule has 86 valence electrons. The number of nitrogens with zero attached hydrogens (tertiary/aromatic N) is 3. The van der Waals surface area contributed by atoms with E-state index >= 15 is 0 Å². The smallest absolute Gasteiger partial charge is 0.265 e. The van der Waals surface area contributed by atoms with Gasteiger partial charge >= 0.3 is 10.1 Å². The van der Waals surface area contributed by atoms with E-state index in [1.807, 2.05) is 0 Å². The van der Waals surface area contributed by atoms with E-state index in [2.05, 4.69) is 24.3 Å². The van der Waals surface area contributed by atoms with E-state index in [1.165, 1.54) is 6.20 Å². The predicted octanol–water partition coefficient (Wildman–Crippen LogP) is 0.732. The minimum Gasteiger partial charge on any atom is -0.265 e. The van der Waals surface area contributed by atoms with Gasteiger partial charge in [0.15, 0.2) is 10.7 Å². The maximum atomic E-state index is 11.7. The van der Waals surface area contributed by atoms with Crippen molar-refractivity contribution < 1.29 is 12.6 Å². The molecule has 0 radical (unpaired) electrons. The van der Waals surface area contributed by atoms with Crippen LogP contribution in [0.3, 0.4) is 0 Å². The van der Waals surface area contributed by atoms with Crippen LogP contribution < -0.4 is 0 Å². The lowest BCUT2D eigenvalue weighted by molar-refractivity contribution is 0.337. The number of H-pyrrole nitrogens is 1. The van der Waals surface area contributed by atoms with Crippen LogP contribution in [0.2, 0.25) is 5.28 Å². The summed E-state index contributed by atoms with van der Waals surface area (Å²) >= 11 is 5.60. The first kappa shape index (κ1) is 11.2. The molecule has 0 fully saturated rings. The van der Waals surface area contributed by atoms with Crippen molar-refractivity contribution in [3.63, 3.8) is 0 Å². The molecule has 0 spiro atoms. The highest BCUT2D eigenvalue weighted by Gasteiger charge is 2.22. The summed E-state index contributed by atoms with van der Waals surface area (Å²) < 4.78 is 28.0. The Morgan fingerprint density at radius 1 is 1.50 bits per heavy atom. The molecular formula is C7H7ClN4O3S. The standard InChI is InChI=1S/C7H7ClN4O3S/c1-2-15-16(13,14)6-4-3-9-12-5(4)10-7(8)11-6/h3H,2H2,1H3,(H,9,10,11,12). The second-order valence-electron chi connectivity index (χ2n) is 2.79. The Hall–Kier alpha value is -1.25. The summed E-state index contributed by atoms with van der Waals surface area (Å²) in [5, 5.41) is 5.96. The molecule has 2 rings (SSSR count). The highest BCUT2D eigenvalue weighted by molar-refractivity contribution is 7.86. The number of rotatable bonds is 3. The molecule has 2 aromatic rings. The first-order valence-corrected chi connectivity index (χ1v) is 6.09. The fraction of sp³-hybridized carbons (Fsp3) is 0.286. The van der Waals surface area contributed by atoms with Gasteiger partial charge in [0, 0.05) is 0 Å². The minimum absolute atomic E-state index is 0.0172. The number of aromatic amines is 1. The van der Waals surface area contributed by atoms with E-state index in [4.69, 9.17) is 11.6 Å². The van der Waals surface area contributed by atoms with Gasteiger partial charge in [-0.05, 0) is 18.5 Å². The van der Waals surface area contributed by atoms with E-state index in [1.54, 1.807) is 6.92 Å². The number of fused-ring (bicyclic) bond motifs is 1. The fourth-order valence-corrected chi connectivity index (χ4v) is 2.44. The predicted molar refractivity (Wildman–Crippen MR) is 55.5 cm³/mol. The maximum Gasteiger partial charge on any atom is 0.315 e. The van der Waals surface area contributed by atoms with Crippen LogP contribution in [0.4, 0.5) is 0 Å². The Kier molecular flexibility index (Phi) is 2.78. The topological polar surface area (TPSA) is 97.8 Å². The highest BCUT2D eigenvalue weighted by Crippen LogP contribution is 2.21. The van der Waals surface area contributed by atoms with Crippen molar-refractivity contribution in [3.05, 3.63) is 11.5 Å². The van der Waals surface area contributed by atoms with Gasteiger partial charge in [0.25, 0.3) is 0 Å². The van der Waals surface area contributed by atoms with Crippen LogP contribution >= 0.6 is 11.6 Å². The van der Waals surface area contributed by atoms with Gasteiger partial charge in [0.05, 0.1) is 18.2 Å². The SMILES string of the molecule is CCOS(=O)(=O)c1nc(Cl)nc2[nH]ncc12. The number of nitrogens with one attached hydrogen (secondary N) is 1. The van der Waals surface area contributed by atoms with Gasteiger partial charge in [-0.2, -0.15) is 18.5 Å². The van der Waals surface area contributed by atoms with Crippen LogP contribution in [0.5, 0.6) is 0 Å². The third-order valence-corrected chi connectivity index (χ3v) is 3.26. The molecule has 0 aliphatic heterocycles. The van der Waals surface area contributed by atoms with Crippen molar-refractivity contribution in [1.29, 1.82) is 0 Å². The Morgan fingerprint density at radius 3 is 2.94 bits per heavy atom. The van der Waals surface area contributed by atoms with Crippen molar-refractivity contribution in [2.75, 3.05) is 6.61 Å². The zero-order valence-corrected chi connectivity index (χ0v) is 9.71. The first-order chi connectivity index (χ1) is 7.54. The third-order valence-electron chi connectivity index (χ3n) is 1.76. The van der Waals surface area contributed by atoms with E-state index in [-0.39, 0.29) is 27.9 Å². The van der Waals surface area contributed by atoms with Crippen molar-refractivity contribution in [1.82, 2.24) is 20.2 Å². The molecule has 16 heavy (non-hydrogen) atoms. The number of aromatic nitrogens is 4. The molecule has 0 unspecified atom stereocenters. The molecule has 1 N–H and O–H groups in total. The maximum absolute atomic E-state index is 11.7. The molecule has 0 amide bonds. The summed E-state index contributed by atoms with van der Waals surface area (Å²) in [6.45, 7) is 1.58. The zero-order valence-electron chi connectivity index (χ0n) is 8.14. The summed E-state index contributed by atoms with van der Waals surface area (Å²) in [7, 11) is -3.92. The van der Waals surface area contributed by atoms with Crippen molar-refractivity contribution >= 4 is 32.8 Å². The molecule has 0 aromatic carbocycles. The Morgan fingerprint density at radius 2 is 2.25 bits per heavy atom. The molecule has 9 heteroatoms. The zero-order chi connectivity index (χ0) is 11.8. The molecule has 0 aliphatic carbocycles. The van der Waals surface area contributed by atoms with Crippen LogP contribution in [0.15, 0.2) is 11.2 Å². The normalized spacial score (nSPS) is 12.1. The average molecular weight is 263 g/mol. The van der Waals surface area contributed by atoms with Gasteiger partial charge in [-0.25, -0.2) is 4.98 Å². The van der Waals surface area contributed by atoms with Gasteiger partial charge in [-0.1, -0.05) is 0 Å². The molecule has 0 aliphatic rings. The molecule has 2 aromatic heterocycles. The van der Waals surface area contributed by atoms with Crippen LogP contribution in [0.1, 0.15) is 6.92 Å². The lowest BCUT2D eigenvalue weighted by Crippen LogP contribution is -2.09. The summed E-state index contributed by atoms with van der Waals surface area (Å²) in [6.07, 6.45) is 1.30. The molecule has 0 saturated carbocycles. The first-order valence-electron chi connectivity index (χ1n) is 4.30. The molecule has 0 bridgehead atoms.